The van der Waals surface area contributed by atoms with Crippen molar-refractivity contribution in [3.8, 4) is 0 Å². The summed E-state index contributed by atoms with van der Waals surface area (Å²) in [6.45, 7) is 0. The van der Waals surface area contributed by atoms with Crippen LogP contribution >= 0.6 is 0 Å². The van der Waals surface area contributed by atoms with Crippen LogP contribution in [0.15, 0.2) is 42.5 Å². The van der Waals surface area contributed by atoms with Crippen LogP contribution in [0.1, 0.15) is 11.1 Å². The molecule has 0 heterocycles. The third-order valence-corrected chi connectivity index (χ3v) is 2.66. The van der Waals surface area contributed by atoms with Crippen LogP contribution in [-0.4, -0.2) is 18.9 Å². The van der Waals surface area contributed by atoms with Gasteiger partial charge in [-0.2, -0.15) is 0 Å². The molecule has 0 amide bonds. The zero-order valence-electron chi connectivity index (χ0n) is 7.33. The van der Waals surface area contributed by atoms with Gasteiger partial charge >= 0.3 is 18.9 Å². The zero-order chi connectivity index (χ0) is 8.67. The van der Waals surface area contributed by atoms with Gasteiger partial charge in [-0.1, -0.05) is 48.6 Å². The molecule has 0 aliphatic heterocycles. The van der Waals surface area contributed by atoms with Crippen LogP contribution < -0.4 is 0 Å². The summed E-state index contributed by atoms with van der Waals surface area (Å²) in [6.07, 6.45) is 5.53. The van der Waals surface area contributed by atoms with Crippen molar-refractivity contribution < 1.29 is 0 Å². The van der Waals surface area contributed by atoms with E-state index in [0.29, 0.717) is 0 Å². The van der Waals surface area contributed by atoms with Gasteiger partial charge in [-0.25, -0.2) is 0 Å². The third kappa shape index (κ3) is 1.32. The Bertz CT molecular complexity index is 492. The van der Waals surface area contributed by atoms with Crippen LogP contribution in [0.5, 0.6) is 0 Å². The van der Waals surface area contributed by atoms with Crippen LogP contribution in [0.2, 0.25) is 0 Å². The predicted molar refractivity (Wildman–Crippen MR) is 63.8 cm³/mol. The van der Waals surface area contributed by atoms with E-state index >= 15 is 0 Å². The average molecular weight is 174 g/mol. The Hall–Kier alpha value is -0.963. The summed E-state index contributed by atoms with van der Waals surface area (Å²) in [6, 6.07) is 13.0. The number of benzene rings is 2. The molecule has 0 saturated heterocycles. The van der Waals surface area contributed by atoms with E-state index in [-0.39, 0.29) is 18.9 Å². The van der Waals surface area contributed by atoms with Crippen LogP contribution in [0.3, 0.4) is 0 Å². The summed E-state index contributed by atoms with van der Waals surface area (Å²) in [7, 11) is 0. The van der Waals surface area contributed by atoms with E-state index in [1.807, 2.05) is 0 Å². The van der Waals surface area contributed by atoms with Gasteiger partial charge in [-0.3, -0.25) is 0 Å². The van der Waals surface area contributed by atoms with E-state index < -0.39 is 0 Å². The number of allylic oxidation sites excluding steroid dienone is 1. The van der Waals surface area contributed by atoms with Crippen LogP contribution in [0.4, 0.5) is 0 Å². The molecule has 0 fully saturated rings. The van der Waals surface area contributed by atoms with Gasteiger partial charge in [-0.15, -0.1) is 0 Å². The van der Waals surface area contributed by atoms with Gasteiger partial charge in [0.1, 0.15) is 0 Å². The zero-order valence-corrected chi connectivity index (χ0v) is 7.33. The van der Waals surface area contributed by atoms with Crippen molar-refractivity contribution in [2.45, 2.75) is 6.42 Å². The molecule has 2 aromatic rings. The second-order valence-electron chi connectivity index (χ2n) is 3.47. The first-order valence-corrected chi connectivity index (χ1v) is 4.62. The summed E-state index contributed by atoms with van der Waals surface area (Å²) in [4.78, 5) is 0. The molecule has 1 heteroatoms. The Kier molecular flexibility index (Phi) is 2.50. The predicted octanol–water partition coefficient (Wildman–Crippen LogP) is 2.76. The molecule has 0 aromatic heterocycles. The van der Waals surface area contributed by atoms with Crippen molar-refractivity contribution in [3.05, 3.63) is 53.6 Å². The van der Waals surface area contributed by atoms with E-state index in [2.05, 4.69) is 48.6 Å². The van der Waals surface area contributed by atoms with E-state index in [1.165, 1.54) is 21.9 Å². The first-order valence-electron chi connectivity index (χ1n) is 4.62. The molecule has 1 aliphatic carbocycles. The van der Waals surface area contributed by atoms with Gasteiger partial charge in [0.15, 0.2) is 0 Å². The average Bonchev–Trinajstić information content (AvgIpc) is 2.19. The molecular formula is C13H11Li. The van der Waals surface area contributed by atoms with Crippen molar-refractivity contribution in [3.63, 3.8) is 0 Å². The van der Waals surface area contributed by atoms with E-state index in [1.54, 1.807) is 0 Å². The third-order valence-electron chi connectivity index (χ3n) is 2.66. The summed E-state index contributed by atoms with van der Waals surface area (Å²) in [5, 5.41) is 2.80. The van der Waals surface area contributed by atoms with Crippen molar-refractivity contribution in [2.24, 2.45) is 0 Å². The maximum absolute atomic E-state index is 2.23. The maximum atomic E-state index is 2.23. The first kappa shape index (κ1) is 9.59. The van der Waals surface area contributed by atoms with Crippen molar-refractivity contribution in [1.29, 1.82) is 0 Å². The van der Waals surface area contributed by atoms with Gasteiger partial charge < -0.3 is 0 Å². The molecule has 0 N–H and O–H groups in total. The molecule has 0 atom stereocenters. The fourth-order valence-corrected chi connectivity index (χ4v) is 2.07. The minimum absolute atomic E-state index is 0. The molecule has 0 nitrogen and oxygen atoms in total. The minimum atomic E-state index is 0. The molecule has 0 bridgehead atoms. The Labute approximate surface area is 95.8 Å². The Balaban J connectivity index is 0.000000750. The van der Waals surface area contributed by atoms with Crippen molar-refractivity contribution in [2.75, 3.05) is 0 Å². The Morgan fingerprint density at radius 2 is 1.71 bits per heavy atom. The Morgan fingerprint density at radius 1 is 0.929 bits per heavy atom. The van der Waals surface area contributed by atoms with Gasteiger partial charge in [0.25, 0.3) is 0 Å². The van der Waals surface area contributed by atoms with Crippen LogP contribution in [0.25, 0.3) is 16.8 Å². The summed E-state index contributed by atoms with van der Waals surface area (Å²) >= 11 is 0. The van der Waals surface area contributed by atoms with Crippen molar-refractivity contribution in [1.82, 2.24) is 0 Å². The first-order chi connectivity index (χ1) is 6.45. The van der Waals surface area contributed by atoms with Gasteiger partial charge in [0, 0.05) is 0 Å². The normalized spacial score (nSPS) is 12.6. The van der Waals surface area contributed by atoms with Gasteiger partial charge in [0.05, 0.1) is 0 Å². The second-order valence-corrected chi connectivity index (χ2v) is 3.47. The molecule has 3 rings (SSSR count). The summed E-state index contributed by atoms with van der Waals surface area (Å²) < 4.78 is 0. The van der Waals surface area contributed by atoms with E-state index in [4.69, 9.17) is 0 Å². The van der Waals surface area contributed by atoms with E-state index in [0.717, 1.165) is 6.42 Å². The fraction of sp³-hybridized carbons (Fsp3) is 0.0769. The Morgan fingerprint density at radius 3 is 2.57 bits per heavy atom. The van der Waals surface area contributed by atoms with Crippen molar-refractivity contribution >= 4 is 35.7 Å². The second kappa shape index (κ2) is 3.65. The molecule has 0 radical (unpaired) electrons. The van der Waals surface area contributed by atoms with Gasteiger partial charge in [0.2, 0.25) is 0 Å². The number of hydrogen-bond acceptors (Lipinski definition) is 0. The molecule has 1 aliphatic rings. The molecule has 14 heavy (non-hydrogen) atoms. The van der Waals surface area contributed by atoms with Crippen LogP contribution in [0, 0.1) is 0 Å². The quantitative estimate of drug-likeness (QED) is 0.539. The standard InChI is InChI=1S/C13H10.Li.H/c1-4-10-6-2-8-12-9-3-7-11(5-1)13(10)12;;/h1-8H,9H2;;. The summed E-state index contributed by atoms with van der Waals surface area (Å²) in [5.74, 6) is 0. The topological polar surface area (TPSA) is 0 Å². The molecule has 2 aromatic carbocycles. The van der Waals surface area contributed by atoms with Gasteiger partial charge in [-0.05, 0) is 28.3 Å². The fourth-order valence-electron chi connectivity index (χ4n) is 2.07. The molecule has 64 valence electrons. The van der Waals surface area contributed by atoms with Crippen LogP contribution in [-0.2, 0) is 6.42 Å². The number of rotatable bonds is 0. The molecule has 0 saturated carbocycles. The monoisotopic (exact) mass is 174 g/mol. The summed E-state index contributed by atoms with van der Waals surface area (Å²) in [5.41, 5.74) is 2.81. The molecule has 0 spiro atoms. The van der Waals surface area contributed by atoms with E-state index in [9.17, 15) is 0 Å². The molecule has 0 unspecified atom stereocenters. The SMILES string of the molecule is C1=Cc2cccc3cccc(c23)C1.[LiH]. The molecular weight excluding hydrogens is 163 g/mol. The number of hydrogen-bond donors (Lipinski definition) is 0.